The molecule has 1 aromatic rings. The molecule has 0 aliphatic rings. The molecule has 1 aromatic heterocycles. The minimum absolute atomic E-state index is 0.0573. The number of carbonyl (C=O) groups excluding carboxylic acids is 1. The number of aromatic hydroxyl groups is 1. The average molecular weight is 296 g/mol. The molecule has 0 aromatic carbocycles. The van der Waals surface area contributed by atoms with Gasteiger partial charge in [-0.25, -0.2) is 9.59 Å². The van der Waals surface area contributed by atoms with E-state index in [4.69, 9.17) is 4.42 Å². The zero-order chi connectivity index (χ0) is 15.8. The first-order valence-corrected chi connectivity index (χ1v) is 7.46. The molecular formula is C16H24O5. The van der Waals surface area contributed by atoms with Crippen LogP contribution in [0.1, 0.15) is 67.1 Å². The van der Waals surface area contributed by atoms with E-state index in [1.807, 2.05) is 0 Å². The Morgan fingerprint density at radius 3 is 2.43 bits per heavy atom. The first kappa shape index (κ1) is 17.3. The average Bonchev–Trinajstić information content (AvgIpc) is 2.44. The molecule has 21 heavy (non-hydrogen) atoms. The highest BCUT2D eigenvalue weighted by Crippen LogP contribution is 2.25. The van der Waals surface area contributed by atoms with Gasteiger partial charge in [0.15, 0.2) is 0 Å². The standard InChI is InChI=1S/C16H24O5/c1-4-5-6-7-8-9-10-12-14(17)13(16(19)20-3)11(2)21-15(12)18/h17H,4-10H2,1-3H3. The van der Waals surface area contributed by atoms with Crippen LogP contribution in [0.15, 0.2) is 9.21 Å². The predicted octanol–water partition coefficient (Wildman–Crippen LogP) is 3.34. The van der Waals surface area contributed by atoms with Gasteiger partial charge in [0.25, 0.3) is 0 Å². The number of unbranched alkanes of at least 4 members (excludes halogenated alkanes) is 5. The molecule has 5 heteroatoms. The largest absolute Gasteiger partial charge is 0.506 e. The van der Waals surface area contributed by atoms with E-state index in [9.17, 15) is 14.7 Å². The lowest BCUT2D eigenvalue weighted by Gasteiger charge is -2.09. The Balaban J connectivity index is 2.78. The minimum atomic E-state index is -0.696. The van der Waals surface area contributed by atoms with Gasteiger partial charge < -0.3 is 14.3 Å². The van der Waals surface area contributed by atoms with Crippen LogP contribution in [0.4, 0.5) is 0 Å². The van der Waals surface area contributed by atoms with Gasteiger partial charge in [-0.3, -0.25) is 0 Å². The molecule has 0 amide bonds. The SMILES string of the molecule is CCCCCCCCc1c(O)c(C(=O)OC)c(C)oc1=O. The number of carbonyl (C=O) groups is 1. The second-order valence-corrected chi connectivity index (χ2v) is 5.16. The maximum Gasteiger partial charge on any atom is 0.345 e. The Bertz CT molecular complexity index is 530. The van der Waals surface area contributed by atoms with Crippen molar-refractivity contribution >= 4 is 5.97 Å². The third kappa shape index (κ3) is 4.62. The number of rotatable bonds is 8. The molecule has 0 atom stereocenters. The highest BCUT2D eigenvalue weighted by atomic mass is 16.5. The summed E-state index contributed by atoms with van der Waals surface area (Å²) in [5.41, 5.74) is -0.471. The lowest BCUT2D eigenvalue weighted by molar-refractivity contribution is 0.0592. The lowest BCUT2D eigenvalue weighted by atomic mass is 10.0. The summed E-state index contributed by atoms with van der Waals surface area (Å²) >= 11 is 0. The van der Waals surface area contributed by atoms with E-state index in [1.54, 1.807) is 0 Å². The summed E-state index contributed by atoms with van der Waals surface area (Å²) in [4.78, 5) is 23.4. The molecule has 0 unspecified atom stereocenters. The van der Waals surface area contributed by atoms with Crippen LogP contribution in [0.2, 0.25) is 0 Å². The predicted molar refractivity (Wildman–Crippen MR) is 79.8 cm³/mol. The van der Waals surface area contributed by atoms with E-state index in [1.165, 1.54) is 33.3 Å². The molecule has 0 aliphatic heterocycles. The van der Waals surface area contributed by atoms with Crippen LogP contribution in [-0.4, -0.2) is 18.2 Å². The second-order valence-electron chi connectivity index (χ2n) is 5.16. The van der Waals surface area contributed by atoms with Gasteiger partial charge in [-0.15, -0.1) is 0 Å². The molecule has 1 rings (SSSR count). The molecule has 1 N–H and O–H groups in total. The fourth-order valence-corrected chi connectivity index (χ4v) is 2.31. The maximum absolute atomic E-state index is 11.8. The summed E-state index contributed by atoms with van der Waals surface area (Å²) in [5.74, 6) is -0.918. The van der Waals surface area contributed by atoms with Gasteiger partial charge in [0.2, 0.25) is 0 Å². The van der Waals surface area contributed by atoms with Crippen LogP contribution >= 0.6 is 0 Å². The molecule has 0 fully saturated rings. The van der Waals surface area contributed by atoms with Crippen LogP contribution in [0.3, 0.4) is 0 Å². The van der Waals surface area contributed by atoms with Gasteiger partial charge in [0, 0.05) is 0 Å². The molecule has 0 saturated heterocycles. The van der Waals surface area contributed by atoms with Crippen LogP contribution in [0.25, 0.3) is 0 Å². The van der Waals surface area contributed by atoms with Gasteiger partial charge >= 0.3 is 11.6 Å². The van der Waals surface area contributed by atoms with Gasteiger partial charge in [-0.1, -0.05) is 39.0 Å². The van der Waals surface area contributed by atoms with Crippen LogP contribution in [0, 0.1) is 6.92 Å². The number of esters is 1. The zero-order valence-electron chi connectivity index (χ0n) is 13.0. The Hall–Kier alpha value is -1.78. The fraction of sp³-hybridized carbons (Fsp3) is 0.625. The highest BCUT2D eigenvalue weighted by molar-refractivity contribution is 5.93. The van der Waals surface area contributed by atoms with Crippen molar-refractivity contribution in [2.45, 2.75) is 58.8 Å². The summed E-state index contributed by atoms with van der Waals surface area (Å²) in [6, 6.07) is 0. The van der Waals surface area contributed by atoms with Crippen LogP contribution < -0.4 is 5.63 Å². The van der Waals surface area contributed by atoms with E-state index in [0.29, 0.717) is 6.42 Å². The lowest BCUT2D eigenvalue weighted by Crippen LogP contribution is -2.14. The molecule has 0 aliphatic carbocycles. The normalized spacial score (nSPS) is 10.6. The zero-order valence-corrected chi connectivity index (χ0v) is 13.0. The minimum Gasteiger partial charge on any atom is -0.506 e. The molecule has 5 nitrogen and oxygen atoms in total. The second kappa shape index (κ2) is 8.49. The topological polar surface area (TPSA) is 76.7 Å². The number of hydrogen-bond donors (Lipinski definition) is 1. The van der Waals surface area contributed by atoms with Gasteiger partial charge in [-0.05, 0) is 19.8 Å². The quantitative estimate of drug-likeness (QED) is 0.588. The van der Waals surface area contributed by atoms with Crippen LogP contribution in [0.5, 0.6) is 5.75 Å². The molecule has 0 bridgehead atoms. The maximum atomic E-state index is 11.8. The summed E-state index contributed by atoms with van der Waals surface area (Å²) in [5, 5.41) is 10.1. The number of methoxy groups -OCH3 is 1. The number of hydrogen-bond acceptors (Lipinski definition) is 5. The molecule has 1 heterocycles. The van der Waals surface area contributed by atoms with Gasteiger partial charge in [0.05, 0.1) is 12.7 Å². The van der Waals surface area contributed by atoms with Crippen molar-refractivity contribution in [3.8, 4) is 5.75 Å². The summed E-state index contributed by atoms with van der Waals surface area (Å²) < 4.78 is 9.62. The number of ether oxygens (including phenoxy) is 1. The van der Waals surface area contributed by atoms with E-state index < -0.39 is 11.6 Å². The molecule has 0 saturated carbocycles. The van der Waals surface area contributed by atoms with Gasteiger partial charge in [-0.2, -0.15) is 0 Å². The van der Waals surface area contributed by atoms with Crippen molar-refractivity contribution < 1.29 is 19.1 Å². The van der Waals surface area contributed by atoms with Crippen molar-refractivity contribution in [1.29, 1.82) is 0 Å². The summed E-state index contributed by atoms with van der Waals surface area (Å²) in [6.45, 7) is 3.62. The Morgan fingerprint density at radius 1 is 1.19 bits per heavy atom. The first-order valence-electron chi connectivity index (χ1n) is 7.46. The molecule has 118 valence electrons. The van der Waals surface area contributed by atoms with E-state index in [2.05, 4.69) is 11.7 Å². The van der Waals surface area contributed by atoms with Gasteiger partial charge in [0.1, 0.15) is 17.1 Å². The monoisotopic (exact) mass is 296 g/mol. The molecule has 0 spiro atoms. The highest BCUT2D eigenvalue weighted by Gasteiger charge is 2.22. The number of aryl methyl sites for hydroxylation is 1. The van der Waals surface area contributed by atoms with Crippen molar-refractivity contribution in [2.75, 3.05) is 7.11 Å². The third-order valence-electron chi connectivity index (χ3n) is 3.54. The first-order chi connectivity index (χ1) is 10.0. The fourth-order valence-electron chi connectivity index (χ4n) is 2.31. The molecular weight excluding hydrogens is 272 g/mol. The Labute approximate surface area is 124 Å². The van der Waals surface area contributed by atoms with E-state index >= 15 is 0 Å². The summed E-state index contributed by atoms with van der Waals surface area (Å²) in [7, 11) is 1.22. The molecule has 0 radical (unpaired) electrons. The van der Waals surface area contributed by atoms with E-state index in [-0.39, 0.29) is 22.6 Å². The van der Waals surface area contributed by atoms with E-state index in [0.717, 1.165) is 19.3 Å². The Morgan fingerprint density at radius 2 is 1.81 bits per heavy atom. The van der Waals surface area contributed by atoms with Crippen LogP contribution in [-0.2, 0) is 11.2 Å². The van der Waals surface area contributed by atoms with Crippen molar-refractivity contribution in [3.05, 3.63) is 27.3 Å². The van der Waals surface area contributed by atoms with Crippen molar-refractivity contribution in [1.82, 2.24) is 0 Å². The van der Waals surface area contributed by atoms with Crippen molar-refractivity contribution in [2.24, 2.45) is 0 Å². The van der Waals surface area contributed by atoms with Crippen molar-refractivity contribution in [3.63, 3.8) is 0 Å². The smallest absolute Gasteiger partial charge is 0.345 e. The third-order valence-corrected chi connectivity index (χ3v) is 3.54. The Kier molecular flexibility index (Phi) is 6.99. The summed E-state index contributed by atoms with van der Waals surface area (Å²) in [6.07, 6.45) is 6.86.